The number of carbonyl (C=O) groups is 2. The number of carbonyl (C=O) groups excluding carboxylic acids is 2. The van der Waals surface area contributed by atoms with Gasteiger partial charge in [-0.2, -0.15) is 0 Å². The van der Waals surface area contributed by atoms with E-state index >= 15 is 0 Å². The van der Waals surface area contributed by atoms with Gasteiger partial charge in [0.15, 0.2) is 0 Å². The first-order chi connectivity index (χ1) is 9.14. The van der Waals surface area contributed by atoms with Crippen LogP contribution in [0.15, 0.2) is 24.5 Å². The Balaban J connectivity index is 1.94. The second kappa shape index (κ2) is 5.82. The smallest absolute Gasteiger partial charge is 0.230 e. The van der Waals surface area contributed by atoms with Crippen LogP contribution in [-0.4, -0.2) is 23.3 Å². The van der Waals surface area contributed by atoms with Crippen molar-refractivity contribution in [3.63, 3.8) is 0 Å². The number of rotatable bonds is 4. The van der Waals surface area contributed by atoms with Crippen LogP contribution < -0.4 is 10.6 Å². The topological polar surface area (TPSA) is 71.1 Å². The molecule has 1 heterocycles. The monoisotopic (exact) mass is 261 g/mol. The van der Waals surface area contributed by atoms with E-state index in [2.05, 4.69) is 15.6 Å². The van der Waals surface area contributed by atoms with Gasteiger partial charge in [-0.25, -0.2) is 0 Å². The number of anilines is 1. The van der Waals surface area contributed by atoms with E-state index in [9.17, 15) is 9.59 Å². The van der Waals surface area contributed by atoms with Gasteiger partial charge >= 0.3 is 0 Å². The fourth-order valence-electron chi connectivity index (χ4n) is 2.46. The van der Waals surface area contributed by atoms with Gasteiger partial charge in [0.05, 0.1) is 0 Å². The van der Waals surface area contributed by atoms with E-state index in [0.717, 1.165) is 37.8 Å². The molecule has 2 N–H and O–H groups in total. The predicted octanol–water partition coefficient (Wildman–Crippen LogP) is 1.71. The number of amides is 2. The van der Waals surface area contributed by atoms with Gasteiger partial charge in [-0.3, -0.25) is 14.6 Å². The molecule has 5 heteroatoms. The van der Waals surface area contributed by atoms with Gasteiger partial charge in [0, 0.05) is 29.5 Å². The zero-order valence-corrected chi connectivity index (χ0v) is 11.1. The summed E-state index contributed by atoms with van der Waals surface area (Å²) >= 11 is 0. The van der Waals surface area contributed by atoms with E-state index in [4.69, 9.17) is 0 Å². The number of nitrogens with one attached hydrogen (secondary N) is 2. The maximum atomic E-state index is 12.3. The Labute approximate surface area is 112 Å². The largest absolute Gasteiger partial charge is 0.356 e. The SMILES string of the molecule is CC1(C(=O)Nc2ccncc2)CCC(NC=O)CC1. The average molecular weight is 261 g/mol. The van der Waals surface area contributed by atoms with Crippen LogP contribution in [0.1, 0.15) is 32.6 Å². The minimum Gasteiger partial charge on any atom is -0.356 e. The molecule has 0 radical (unpaired) electrons. The quantitative estimate of drug-likeness (QED) is 0.811. The molecule has 1 fully saturated rings. The normalized spacial score (nSPS) is 26.5. The zero-order valence-electron chi connectivity index (χ0n) is 11.1. The summed E-state index contributed by atoms with van der Waals surface area (Å²) in [5.41, 5.74) is 0.416. The molecular formula is C14H19N3O2. The minimum absolute atomic E-state index is 0.0447. The maximum absolute atomic E-state index is 12.3. The highest BCUT2D eigenvalue weighted by Crippen LogP contribution is 2.36. The number of nitrogens with zero attached hydrogens (tertiary/aromatic N) is 1. The lowest BCUT2D eigenvalue weighted by atomic mass is 9.73. The van der Waals surface area contributed by atoms with Crippen molar-refractivity contribution in [2.24, 2.45) is 5.41 Å². The lowest BCUT2D eigenvalue weighted by Gasteiger charge is -2.35. The third-order valence-electron chi connectivity index (χ3n) is 3.88. The van der Waals surface area contributed by atoms with E-state index in [-0.39, 0.29) is 17.4 Å². The van der Waals surface area contributed by atoms with Crippen LogP contribution >= 0.6 is 0 Å². The summed E-state index contributed by atoms with van der Waals surface area (Å²) in [7, 11) is 0. The predicted molar refractivity (Wildman–Crippen MR) is 72.4 cm³/mol. The fraction of sp³-hybridized carbons (Fsp3) is 0.500. The maximum Gasteiger partial charge on any atom is 0.230 e. The first-order valence-corrected chi connectivity index (χ1v) is 6.55. The Morgan fingerprint density at radius 2 is 2.00 bits per heavy atom. The summed E-state index contributed by atoms with van der Waals surface area (Å²) in [5, 5.41) is 5.72. The van der Waals surface area contributed by atoms with Crippen molar-refractivity contribution in [1.29, 1.82) is 0 Å². The lowest BCUT2D eigenvalue weighted by Crippen LogP contribution is -2.41. The molecular weight excluding hydrogens is 242 g/mol. The third-order valence-corrected chi connectivity index (χ3v) is 3.88. The molecule has 1 aromatic heterocycles. The summed E-state index contributed by atoms with van der Waals surface area (Å²) in [5.74, 6) is 0.0447. The molecule has 1 aliphatic rings. The third kappa shape index (κ3) is 3.30. The van der Waals surface area contributed by atoms with Crippen molar-refractivity contribution >= 4 is 18.0 Å². The van der Waals surface area contributed by atoms with Gasteiger partial charge in [0.2, 0.25) is 12.3 Å². The van der Waals surface area contributed by atoms with E-state index in [0.29, 0.717) is 0 Å². The zero-order chi connectivity index (χ0) is 13.7. The highest BCUT2D eigenvalue weighted by Gasteiger charge is 2.37. The molecule has 0 saturated heterocycles. The Hall–Kier alpha value is -1.91. The Morgan fingerprint density at radius 1 is 1.37 bits per heavy atom. The molecule has 0 atom stereocenters. The molecule has 0 aliphatic heterocycles. The first-order valence-electron chi connectivity index (χ1n) is 6.55. The summed E-state index contributed by atoms with van der Waals surface area (Å²) in [6.07, 6.45) is 7.32. The van der Waals surface area contributed by atoms with Crippen molar-refractivity contribution in [2.75, 3.05) is 5.32 Å². The summed E-state index contributed by atoms with van der Waals surface area (Å²) in [4.78, 5) is 26.7. The van der Waals surface area contributed by atoms with Crippen molar-refractivity contribution < 1.29 is 9.59 Å². The van der Waals surface area contributed by atoms with E-state index in [1.165, 1.54) is 0 Å². The van der Waals surface area contributed by atoms with Crippen molar-refractivity contribution in [1.82, 2.24) is 10.3 Å². The molecule has 2 rings (SSSR count). The Morgan fingerprint density at radius 3 is 2.58 bits per heavy atom. The summed E-state index contributed by atoms with van der Waals surface area (Å²) in [6.45, 7) is 1.99. The van der Waals surface area contributed by atoms with Gasteiger partial charge < -0.3 is 10.6 Å². The highest BCUT2D eigenvalue weighted by atomic mass is 16.2. The molecule has 0 spiro atoms. The van der Waals surface area contributed by atoms with E-state index in [1.807, 2.05) is 6.92 Å². The Kier molecular flexibility index (Phi) is 4.14. The number of hydrogen-bond donors (Lipinski definition) is 2. The average Bonchev–Trinajstić information content (AvgIpc) is 2.43. The van der Waals surface area contributed by atoms with Gasteiger partial charge in [0.25, 0.3) is 0 Å². The number of aromatic nitrogens is 1. The molecule has 1 aromatic rings. The molecule has 0 aromatic carbocycles. The lowest BCUT2D eigenvalue weighted by molar-refractivity contribution is -0.126. The number of hydrogen-bond acceptors (Lipinski definition) is 3. The molecule has 1 aliphatic carbocycles. The molecule has 0 unspecified atom stereocenters. The van der Waals surface area contributed by atoms with Crippen LogP contribution in [0.5, 0.6) is 0 Å². The van der Waals surface area contributed by atoms with Gasteiger partial charge in [-0.05, 0) is 37.8 Å². The first kappa shape index (κ1) is 13.5. The second-order valence-corrected chi connectivity index (χ2v) is 5.31. The molecule has 2 amide bonds. The van der Waals surface area contributed by atoms with Crippen LogP contribution in [0.4, 0.5) is 5.69 Å². The van der Waals surface area contributed by atoms with Crippen molar-refractivity contribution in [3.05, 3.63) is 24.5 Å². The minimum atomic E-state index is -0.357. The van der Waals surface area contributed by atoms with Crippen LogP contribution in [0.25, 0.3) is 0 Å². The van der Waals surface area contributed by atoms with Gasteiger partial charge in [-0.1, -0.05) is 6.92 Å². The number of pyridine rings is 1. The van der Waals surface area contributed by atoms with Crippen molar-refractivity contribution in [3.8, 4) is 0 Å². The van der Waals surface area contributed by atoms with Crippen LogP contribution in [-0.2, 0) is 9.59 Å². The second-order valence-electron chi connectivity index (χ2n) is 5.31. The molecule has 5 nitrogen and oxygen atoms in total. The van der Waals surface area contributed by atoms with E-state index in [1.54, 1.807) is 24.5 Å². The highest BCUT2D eigenvalue weighted by molar-refractivity contribution is 5.95. The molecule has 102 valence electrons. The molecule has 19 heavy (non-hydrogen) atoms. The summed E-state index contributed by atoms with van der Waals surface area (Å²) < 4.78 is 0. The summed E-state index contributed by atoms with van der Waals surface area (Å²) in [6, 6.07) is 3.76. The molecule has 1 saturated carbocycles. The van der Waals surface area contributed by atoms with E-state index < -0.39 is 0 Å². The molecule has 0 bridgehead atoms. The van der Waals surface area contributed by atoms with Gasteiger partial charge in [0.1, 0.15) is 0 Å². The van der Waals surface area contributed by atoms with Crippen LogP contribution in [0.2, 0.25) is 0 Å². The van der Waals surface area contributed by atoms with Crippen LogP contribution in [0.3, 0.4) is 0 Å². The standard InChI is InChI=1S/C14H19N3O2/c1-14(6-2-11(3-7-14)16-10-18)13(19)17-12-4-8-15-9-5-12/h4-5,8-11H,2-3,6-7H2,1H3,(H,16,18)(H,15,17,19). The Bertz CT molecular complexity index is 439. The van der Waals surface area contributed by atoms with Crippen LogP contribution in [0, 0.1) is 5.41 Å². The fourth-order valence-corrected chi connectivity index (χ4v) is 2.46. The van der Waals surface area contributed by atoms with Crippen molar-refractivity contribution in [2.45, 2.75) is 38.6 Å². The van der Waals surface area contributed by atoms with Gasteiger partial charge in [-0.15, -0.1) is 0 Å².